The van der Waals surface area contributed by atoms with Gasteiger partial charge in [-0.25, -0.2) is 0 Å². The summed E-state index contributed by atoms with van der Waals surface area (Å²) in [6.45, 7) is 8.70. The van der Waals surface area contributed by atoms with Gasteiger partial charge >= 0.3 is 0 Å². The summed E-state index contributed by atoms with van der Waals surface area (Å²) in [5, 5.41) is 3.46. The number of hydrogen-bond acceptors (Lipinski definition) is 3. The lowest BCUT2D eigenvalue weighted by Gasteiger charge is -2.11. The molecule has 1 aromatic rings. The van der Waals surface area contributed by atoms with Crippen molar-refractivity contribution in [2.45, 2.75) is 39.5 Å². The Kier molecular flexibility index (Phi) is 5.83. The van der Waals surface area contributed by atoms with Crippen LogP contribution in [0.5, 0.6) is 0 Å². The maximum Gasteiger partial charge on any atom is 0.0834 e. The second-order valence-corrected chi connectivity index (χ2v) is 5.64. The van der Waals surface area contributed by atoms with Crippen LogP contribution in [0.15, 0.2) is 24.3 Å². The first-order chi connectivity index (χ1) is 9.24. The van der Waals surface area contributed by atoms with Gasteiger partial charge in [0, 0.05) is 13.2 Å². The molecular weight excluding hydrogens is 238 g/mol. The molecule has 1 N–H and O–H groups in total. The molecule has 0 aromatic heterocycles. The van der Waals surface area contributed by atoms with Gasteiger partial charge in [-0.3, -0.25) is 0 Å². The van der Waals surface area contributed by atoms with Gasteiger partial charge in [0.2, 0.25) is 0 Å². The minimum absolute atomic E-state index is 0.280. The highest BCUT2D eigenvalue weighted by molar-refractivity contribution is 5.22. The van der Waals surface area contributed by atoms with Crippen LogP contribution in [0.4, 0.5) is 0 Å². The first-order valence-electron chi connectivity index (χ1n) is 7.22. The molecule has 1 unspecified atom stereocenters. The van der Waals surface area contributed by atoms with E-state index in [1.807, 2.05) is 0 Å². The third-order valence-electron chi connectivity index (χ3n) is 3.25. The standard InChI is InChI=1S/C16H25NO2/c1-13(2)9-17-10-14-4-3-5-15(8-14)11-19-16-6-7-18-12-16/h3-5,8,13,16-17H,6-7,9-12H2,1-2H3. The lowest BCUT2D eigenvalue weighted by atomic mass is 10.1. The lowest BCUT2D eigenvalue weighted by molar-refractivity contribution is 0.0317. The van der Waals surface area contributed by atoms with Gasteiger partial charge in [0.15, 0.2) is 0 Å². The first kappa shape index (κ1) is 14.5. The highest BCUT2D eigenvalue weighted by Crippen LogP contribution is 2.12. The molecule has 2 rings (SSSR count). The summed E-state index contributed by atoms with van der Waals surface area (Å²) in [6.07, 6.45) is 1.30. The molecule has 0 radical (unpaired) electrons. The molecule has 106 valence electrons. The summed E-state index contributed by atoms with van der Waals surface area (Å²) in [5.41, 5.74) is 2.57. The summed E-state index contributed by atoms with van der Waals surface area (Å²) >= 11 is 0. The Bertz CT molecular complexity index is 373. The van der Waals surface area contributed by atoms with Crippen LogP contribution in [-0.2, 0) is 22.6 Å². The van der Waals surface area contributed by atoms with E-state index in [-0.39, 0.29) is 6.10 Å². The molecule has 1 fully saturated rings. The zero-order valence-corrected chi connectivity index (χ0v) is 12.0. The van der Waals surface area contributed by atoms with E-state index in [1.165, 1.54) is 11.1 Å². The van der Waals surface area contributed by atoms with Crippen LogP contribution in [0.2, 0.25) is 0 Å². The molecule has 0 saturated carbocycles. The van der Waals surface area contributed by atoms with Gasteiger partial charge in [-0.1, -0.05) is 38.1 Å². The van der Waals surface area contributed by atoms with Crippen molar-refractivity contribution in [1.29, 1.82) is 0 Å². The number of benzene rings is 1. The van der Waals surface area contributed by atoms with Gasteiger partial charge in [-0.05, 0) is 30.0 Å². The van der Waals surface area contributed by atoms with E-state index in [9.17, 15) is 0 Å². The van der Waals surface area contributed by atoms with Crippen LogP contribution < -0.4 is 5.32 Å². The quantitative estimate of drug-likeness (QED) is 0.820. The van der Waals surface area contributed by atoms with E-state index in [0.29, 0.717) is 12.5 Å². The van der Waals surface area contributed by atoms with Gasteiger partial charge in [-0.15, -0.1) is 0 Å². The van der Waals surface area contributed by atoms with Gasteiger partial charge < -0.3 is 14.8 Å². The molecule has 1 aromatic carbocycles. The van der Waals surface area contributed by atoms with Crippen LogP contribution in [-0.4, -0.2) is 25.9 Å². The monoisotopic (exact) mass is 263 g/mol. The second-order valence-electron chi connectivity index (χ2n) is 5.64. The molecule has 0 bridgehead atoms. The van der Waals surface area contributed by atoms with Crippen molar-refractivity contribution in [3.05, 3.63) is 35.4 Å². The second kappa shape index (κ2) is 7.63. The van der Waals surface area contributed by atoms with E-state index < -0.39 is 0 Å². The van der Waals surface area contributed by atoms with E-state index >= 15 is 0 Å². The Hall–Kier alpha value is -0.900. The Morgan fingerprint density at radius 1 is 1.37 bits per heavy atom. The van der Waals surface area contributed by atoms with E-state index in [2.05, 4.69) is 43.4 Å². The predicted octanol–water partition coefficient (Wildman–Crippen LogP) is 2.74. The van der Waals surface area contributed by atoms with E-state index in [0.717, 1.165) is 32.7 Å². The third kappa shape index (κ3) is 5.31. The molecule has 3 nitrogen and oxygen atoms in total. The van der Waals surface area contributed by atoms with E-state index in [4.69, 9.17) is 9.47 Å². The average Bonchev–Trinajstić information content (AvgIpc) is 2.89. The highest BCUT2D eigenvalue weighted by Gasteiger charge is 2.15. The van der Waals surface area contributed by atoms with Crippen molar-refractivity contribution < 1.29 is 9.47 Å². The molecule has 0 spiro atoms. The van der Waals surface area contributed by atoms with Gasteiger partial charge in [0.1, 0.15) is 0 Å². The van der Waals surface area contributed by atoms with Crippen molar-refractivity contribution in [3.63, 3.8) is 0 Å². The zero-order chi connectivity index (χ0) is 13.5. The van der Waals surface area contributed by atoms with Crippen LogP contribution in [0, 0.1) is 5.92 Å². The summed E-state index contributed by atoms with van der Waals surface area (Å²) in [4.78, 5) is 0. The fraction of sp³-hybridized carbons (Fsp3) is 0.625. The third-order valence-corrected chi connectivity index (χ3v) is 3.25. The summed E-state index contributed by atoms with van der Waals surface area (Å²) in [5.74, 6) is 0.689. The minimum atomic E-state index is 0.280. The maximum atomic E-state index is 5.84. The fourth-order valence-corrected chi connectivity index (χ4v) is 2.19. The predicted molar refractivity (Wildman–Crippen MR) is 77.0 cm³/mol. The van der Waals surface area contributed by atoms with Crippen LogP contribution in [0.25, 0.3) is 0 Å². The van der Waals surface area contributed by atoms with E-state index in [1.54, 1.807) is 0 Å². The molecule has 3 heteroatoms. The Morgan fingerprint density at radius 2 is 2.21 bits per heavy atom. The van der Waals surface area contributed by atoms with Crippen LogP contribution in [0.3, 0.4) is 0 Å². The first-order valence-corrected chi connectivity index (χ1v) is 7.22. The Balaban J connectivity index is 1.77. The number of nitrogens with one attached hydrogen (secondary N) is 1. The van der Waals surface area contributed by atoms with Crippen LogP contribution in [0.1, 0.15) is 31.4 Å². The Morgan fingerprint density at radius 3 is 2.95 bits per heavy atom. The van der Waals surface area contributed by atoms with Gasteiger partial charge in [0.25, 0.3) is 0 Å². The van der Waals surface area contributed by atoms with Crippen molar-refractivity contribution in [2.24, 2.45) is 5.92 Å². The molecule has 0 amide bonds. The molecular formula is C16H25NO2. The molecule has 1 aliphatic heterocycles. The highest BCUT2D eigenvalue weighted by atomic mass is 16.5. The molecule has 1 aliphatic rings. The number of hydrogen-bond donors (Lipinski definition) is 1. The summed E-state index contributed by atoms with van der Waals surface area (Å²) < 4.78 is 11.2. The molecule has 1 saturated heterocycles. The minimum Gasteiger partial charge on any atom is -0.379 e. The molecule has 1 atom stereocenters. The fourth-order valence-electron chi connectivity index (χ4n) is 2.19. The Labute approximate surface area is 116 Å². The largest absolute Gasteiger partial charge is 0.379 e. The molecule has 1 heterocycles. The van der Waals surface area contributed by atoms with Crippen molar-refractivity contribution >= 4 is 0 Å². The SMILES string of the molecule is CC(C)CNCc1cccc(COC2CCOC2)c1. The maximum absolute atomic E-state index is 5.84. The summed E-state index contributed by atoms with van der Waals surface area (Å²) in [6, 6.07) is 8.62. The van der Waals surface area contributed by atoms with Crippen molar-refractivity contribution in [3.8, 4) is 0 Å². The topological polar surface area (TPSA) is 30.5 Å². The number of rotatable bonds is 7. The van der Waals surface area contributed by atoms with Crippen LogP contribution >= 0.6 is 0 Å². The molecule has 0 aliphatic carbocycles. The number of ether oxygens (including phenoxy) is 2. The lowest BCUT2D eigenvalue weighted by Crippen LogP contribution is -2.19. The van der Waals surface area contributed by atoms with Crippen molar-refractivity contribution in [2.75, 3.05) is 19.8 Å². The zero-order valence-electron chi connectivity index (χ0n) is 12.0. The average molecular weight is 263 g/mol. The normalized spacial score (nSPS) is 19.2. The van der Waals surface area contributed by atoms with Crippen molar-refractivity contribution in [1.82, 2.24) is 5.32 Å². The van der Waals surface area contributed by atoms with Gasteiger partial charge in [0.05, 0.1) is 19.3 Å². The summed E-state index contributed by atoms with van der Waals surface area (Å²) in [7, 11) is 0. The van der Waals surface area contributed by atoms with Gasteiger partial charge in [-0.2, -0.15) is 0 Å². The molecule has 19 heavy (non-hydrogen) atoms. The smallest absolute Gasteiger partial charge is 0.0834 e.